The van der Waals surface area contributed by atoms with Gasteiger partial charge in [0.15, 0.2) is 0 Å². The molecule has 0 amide bonds. The Bertz CT molecular complexity index is 1270. The van der Waals surface area contributed by atoms with Crippen molar-refractivity contribution in [1.82, 2.24) is 9.97 Å². The van der Waals surface area contributed by atoms with E-state index in [4.69, 9.17) is 16.2 Å². The van der Waals surface area contributed by atoms with Crippen LogP contribution in [0.4, 0.5) is 5.95 Å². The molecule has 33 heavy (non-hydrogen) atoms. The lowest BCUT2D eigenvalue weighted by atomic mass is 10.1. The molecule has 0 radical (unpaired) electrons. The Labute approximate surface area is 191 Å². The maximum Gasteiger partial charge on any atom is 0.345 e. The molecule has 1 heterocycles. The highest BCUT2D eigenvalue weighted by Crippen LogP contribution is 2.21. The molecular weight excluding hydrogens is 420 g/mol. The molecule has 0 bridgehead atoms. The van der Waals surface area contributed by atoms with E-state index in [0.29, 0.717) is 5.56 Å². The van der Waals surface area contributed by atoms with Crippen LogP contribution in [0.5, 0.6) is 0 Å². The summed E-state index contributed by atoms with van der Waals surface area (Å²) in [6.45, 7) is 5.66. The second kappa shape index (κ2) is 10.4. The van der Waals surface area contributed by atoms with Gasteiger partial charge in [-0.2, -0.15) is 9.98 Å². The highest BCUT2D eigenvalue weighted by Gasteiger charge is 2.22. The number of amidine groups is 1. The Kier molecular flexibility index (Phi) is 7.34. The maximum atomic E-state index is 12.5. The van der Waals surface area contributed by atoms with Gasteiger partial charge in [0.25, 0.3) is 5.95 Å². The number of aliphatic imine (C=N–C) groups is 2. The molecule has 0 atom stereocenters. The highest BCUT2D eigenvalue weighted by atomic mass is 16.5. The molecule has 0 saturated carbocycles. The number of esters is 1. The van der Waals surface area contributed by atoms with Crippen LogP contribution in [0.1, 0.15) is 30.7 Å². The zero-order valence-corrected chi connectivity index (χ0v) is 18.7. The van der Waals surface area contributed by atoms with Gasteiger partial charge < -0.3 is 21.3 Å². The molecule has 170 valence electrons. The summed E-state index contributed by atoms with van der Waals surface area (Å²) in [5, 5.41) is 11.6. The Hall–Kier alpha value is -4.27. The molecule has 0 spiro atoms. The van der Waals surface area contributed by atoms with E-state index in [1.807, 2.05) is 25.1 Å². The van der Waals surface area contributed by atoms with E-state index in [2.05, 4.69) is 26.9 Å². The van der Waals surface area contributed by atoms with Crippen molar-refractivity contribution in [1.29, 1.82) is 0 Å². The van der Waals surface area contributed by atoms with Crippen molar-refractivity contribution in [2.24, 2.45) is 21.5 Å². The second-order valence-electron chi connectivity index (χ2n) is 7.09. The minimum atomic E-state index is -0.836. The van der Waals surface area contributed by atoms with Crippen LogP contribution in [0.2, 0.25) is 0 Å². The molecule has 0 aliphatic carbocycles. The zero-order chi connectivity index (χ0) is 24.0. The molecule has 9 nitrogen and oxygen atoms in total. The van der Waals surface area contributed by atoms with E-state index >= 15 is 0 Å². The van der Waals surface area contributed by atoms with Gasteiger partial charge in [0.1, 0.15) is 17.2 Å². The Morgan fingerprint density at radius 1 is 1.09 bits per heavy atom. The number of hydrogen-bond donors (Lipinski definition) is 3. The molecule has 3 rings (SSSR count). The number of aryl methyl sites for hydroxylation is 2. The smallest absolute Gasteiger partial charge is 0.345 e. The first-order valence-electron chi connectivity index (χ1n) is 10.5. The van der Waals surface area contributed by atoms with Crippen LogP contribution in [0.15, 0.2) is 64.1 Å². The van der Waals surface area contributed by atoms with E-state index in [0.717, 1.165) is 23.0 Å². The van der Waals surface area contributed by atoms with Crippen LogP contribution in [0.25, 0.3) is 16.7 Å². The third-order valence-corrected chi connectivity index (χ3v) is 4.82. The number of carbonyl (C=O) groups excluding carboxylic acids is 1. The lowest BCUT2D eigenvalue weighted by Gasteiger charge is -2.10. The number of nitrogens with two attached hydrogens (primary N) is 2. The first-order valence-corrected chi connectivity index (χ1v) is 10.5. The van der Waals surface area contributed by atoms with Crippen LogP contribution in [-0.2, 0) is 16.0 Å². The summed E-state index contributed by atoms with van der Waals surface area (Å²) in [7, 11) is 0. The van der Waals surface area contributed by atoms with Crippen molar-refractivity contribution in [2.45, 2.75) is 27.2 Å². The number of aliphatic hydroxyl groups excluding tert-OH is 1. The van der Waals surface area contributed by atoms with Crippen LogP contribution in [-0.4, -0.2) is 39.4 Å². The quantitative estimate of drug-likeness (QED) is 0.173. The predicted octanol–water partition coefficient (Wildman–Crippen LogP) is 3.34. The molecule has 0 fully saturated rings. The molecule has 0 aliphatic heterocycles. The van der Waals surface area contributed by atoms with Gasteiger partial charge in [-0.25, -0.2) is 14.8 Å². The van der Waals surface area contributed by atoms with Gasteiger partial charge in [-0.1, -0.05) is 43.3 Å². The van der Waals surface area contributed by atoms with E-state index in [1.54, 1.807) is 37.3 Å². The summed E-state index contributed by atoms with van der Waals surface area (Å²) in [4.78, 5) is 29.4. The number of ether oxygens (including phenoxy) is 1. The maximum absolute atomic E-state index is 12.5. The third kappa shape index (κ3) is 5.51. The lowest BCUT2D eigenvalue weighted by Crippen LogP contribution is -2.27. The molecule has 0 unspecified atom stereocenters. The number of rotatable bonds is 6. The fraction of sp³-hybridized carbons (Fsp3) is 0.208. The van der Waals surface area contributed by atoms with Crippen molar-refractivity contribution in [3.05, 3.63) is 70.9 Å². The molecule has 0 saturated heterocycles. The first-order chi connectivity index (χ1) is 15.8. The Morgan fingerprint density at radius 3 is 2.48 bits per heavy atom. The molecule has 0 aliphatic rings. The molecule has 9 heteroatoms. The van der Waals surface area contributed by atoms with Crippen molar-refractivity contribution in [3.8, 4) is 0 Å². The van der Waals surface area contributed by atoms with Gasteiger partial charge in [-0.3, -0.25) is 0 Å². The number of aromatic nitrogens is 2. The number of aliphatic hydroxyl groups is 1. The predicted molar refractivity (Wildman–Crippen MR) is 129 cm³/mol. The van der Waals surface area contributed by atoms with E-state index in [1.165, 1.54) is 5.56 Å². The number of benzene rings is 2. The topological polar surface area (TPSA) is 149 Å². The lowest BCUT2D eigenvalue weighted by molar-refractivity contribution is -0.137. The second-order valence-corrected chi connectivity index (χ2v) is 7.09. The average Bonchev–Trinajstić information content (AvgIpc) is 2.79. The zero-order valence-electron chi connectivity index (χ0n) is 18.7. The summed E-state index contributed by atoms with van der Waals surface area (Å²) in [6.07, 6.45) is 0.905. The largest absolute Gasteiger partial charge is 0.506 e. The fourth-order valence-electron chi connectivity index (χ4n) is 3.16. The van der Waals surface area contributed by atoms with E-state index in [9.17, 15) is 9.90 Å². The van der Waals surface area contributed by atoms with E-state index in [-0.39, 0.29) is 35.7 Å². The minimum Gasteiger partial charge on any atom is -0.506 e. The molecular formula is C24H26N6O3. The van der Waals surface area contributed by atoms with Gasteiger partial charge in [0.2, 0.25) is 5.96 Å². The average molecular weight is 447 g/mol. The summed E-state index contributed by atoms with van der Waals surface area (Å²) < 4.78 is 5.03. The minimum absolute atomic E-state index is 0.0885. The van der Waals surface area contributed by atoms with Crippen molar-refractivity contribution in [2.75, 3.05) is 6.61 Å². The summed E-state index contributed by atoms with van der Waals surface area (Å²) in [5.74, 6) is -1.74. The van der Waals surface area contributed by atoms with Crippen LogP contribution < -0.4 is 11.5 Å². The van der Waals surface area contributed by atoms with Gasteiger partial charge in [0, 0.05) is 10.9 Å². The van der Waals surface area contributed by atoms with Crippen molar-refractivity contribution >= 4 is 40.4 Å². The van der Waals surface area contributed by atoms with Crippen molar-refractivity contribution in [3.63, 3.8) is 0 Å². The fourth-order valence-corrected chi connectivity index (χ4v) is 3.16. The highest BCUT2D eigenvalue weighted by molar-refractivity contribution is 6.24. The third-order valence-electron chi connectivity index (χ3n) is 4.82. The van der Waals surface area contributed by atoms with Crippen LogP contribution >= 0.6 is 0 Å². The Morgan fingerprint density at radius 2 is 1.82 bits per heavy atom. The number of nitrogens with zero attached hydrogens (tertiary/aromatic N) is 4. The van der Waals surface area contributed by atoms with E-state index < -0.39 is 5.97 Å². The normalized spacial score (nSPS) is 13.1. The monoisotopic (exact) mass is 446 g/mol. The standard InChI is InChI=1S/C24H26N6O3/c1-4-15-11-12-18-17(13-15)14(3)27-24(28-18)30-23(26)29-21(25)19(22(32)33-5-2)20(31)16-9-7-6-8-10-16/h6-13,31H,4-5H2,1-3H3,(H4,25,26,27,28,29,30)/b20-19-. The SMILES string of the molecule is CCOC(=O)C(/C(N)=N/C(N)=N/c1nc(C)c2cc(CC)ccc2n1)=C(\O)c1ccccc1. The number of fused-ring (bicyclic) bond motifs is 1. The Balaban J connectivity index is 2.01. The molecule has 5 N–H and O–H groups in total. The molecule has 3 aromatic rings. The van der Waals surface area contributed by atoms with Crippen LogP contribution in [0.3, 0.4) is 0 Å². The summed E-state index contributed by atoms with van der Waals surface area (Å²) >= 11 is 0. The van der Waals surface area contributed by atoms with Crippen molar-refractivity contribution < 1.29 is 14.6 Å². The van der Waals surface area contributed by atoms with Gasteiger partial charge in [-0.05, 0) is 38.0 Å². The summed E-state index contributed by atoms with van der Waals surface area (Å²) in [5.41, 5.74) is 14.7. The van der Waals surface area contributed by atoms with Gasteiger partial charge >= 0.3 is 5.97 Å². The van der Waals surface area contributed by atoms with Gasteiger partial charge in [-0.15, -0.1) is 0 Å². The molecule has 2 aromatic carbocycles. The molecule has 1 aromatic heterocycles. The number of guanidine groups is 1. The summed E-state index contributed by atoms with van der Waals surface area (Å²) in [6, 6.07) is 14.4. The van der Waals surface area contributed by atoms with Gasteiger partial charge in [0.05, 0.1) is 17.8 Å². The first kappa shape index (κ1) is 23.4. The number of hydrogen-bond acceptors (Lipinski definition) is 6. The number of carbonyl (C=O) groups is 1. The van der Waals surface area contributed by atoms with Crippen LogP contribution in [0, 0.1) is 6.92 Å².